The smallest absolute Gasteiger partial charge is 0.313 e. The largest absolute Gasteiger partial charge is 0.459 e. The number of hydrogen-bond donors (Lipinski definition) is 2. The topological polar surface area (TPSA) is 233 Å². The number of amides is 1. The average Bonchev–Trinajstić information content (AvgIpc) is 3.44. The summed E-state index contributed by atoms with van der Waals surface area (Å²) in [5.41, 5.74) is 2.16. The number of rotatable bonds is 32. The highest BCUT2D eigenvalue weighted by Crippen LogP contribution is 2.36. The number of allylic oxidation sites excluding steroid dienone is 1. The van der Waals surface area contributed by atoms with Gasteiger partial charge in [0.2, 0.25) is 5.91 Å². The average molecular weight is 1110 g/mol. The van der Waals surface area contributed by atoms with Gasteiger partial charge in [-0.05, 0) is 83.8 Å². The monoisotopic (exact) mass is 1110 g/mol. The fourth-order valence-corrected chi connectivity index (χ4v) is 10.3. The van der Waals surface area contributed by atoms with Crippen LogP contribution in [0.15, 0.2) is 85.5 Å². The molecule has 0 saturated carbocycles. The van der Waals surface area contributed by atoms with E-state index in [9.17, 15) is 33.9 Å². The van der Waals surface area contributed by atoms with Crippen LogP contribution in [0.1, 0.15) is 92.2 Å². The fraction of sp³-hybridized carbons (Fsp3) is 0.627. The van der Waals surface area contributed by atoms with Crippen molar-refractivity contribution in [1.29, 1.82) is 0 Å². The van der Waals surface area contributed by atoms with Crippen molar-refractivity contribution in [1.82, 2.24) is 15.1 Å². The summed E-state index contributed by atoms with van der Waals surface area (Å²) in [6.45, 7) is 17.3. The van der Waals surface area contributed by atoms with Crippen molar-refractivity contribution in [3.63, 3.8) is 0 Å². The molecule has 0 spiro atoms. The quantitative estimate of drug-likeness (QED) is 0.0302. The van der Waals surface area contributed by atoms with E-state index in [4.69, 9.17) is 47.4 Å². The number of ketones is 1. The molecule has 4 rings (SSSR count). The van der Waals surface area contributed by atoms with E-state index in [-0.39, 0.29) is 18.9 Å². The number of nitrogens with zero attached hydrogens (tertiary/aromatic N) is 2. The lowest BCUT2D eigenvalue weighted by atomic mass is 9.82. The molecule has 0 aliphatic carbocycles. The van der Waals surface area contributed by atoms with Crippen molar-refractivity contribution in [2.45, 2.75) is 174 Å². The molecule has 79 heavy (non-hydrogen) atoms. The number of hydrogen-bond acceptors (Lipinski definition) is 19. The Morgan fingerprint density at radius 2 is 1.32 bits per heavy atom. The minimum Gasteiger partial charge on any atom is -0.459 e. The van der Waals surface area contributed by atoms with E-state index in [0.29, 0.717) is 32.5 Å². The van der Waals surface area contributed by atoms with Crippen LogP contribution < -0.4 is 5.32 Å². The molecule has 6 unspecified atom stereocenters. The van der Waals surface area contributed by atoms with Gasteiger partial charge in [-0.1, -0.05) is 86.7 Å². The second-order valence-corrected chi connectivity index (χ2v) is 20.7. The number of aliphatic hydroxyl groups is 1. The molecule has 2 aliphatic rings. The van der Waals surface area contributed by atoms with E-state index in [1.165, 1.54) is 47.1 Å². The van der Waals surface area contributed by atoms with Crippen molar-refractivity contribution >= 4 is 35.6 Å². The summed E-state index contributed by atoms with van der Waals surface area (Å²) < 4.78 is 60.2. The zero-order chi connectivity index (χ0) is 58.3. The number of methoxy groups -OCH3 is 2. The van der Waals surface area contributed by atoms with Crippen LogP contribution in [-0.2, 0) is 89.2 Å². The van der Waals surface area contributed by atoms with Crippen LogP contribution in [-0.4, -0.2) is 178 Å². The summed E-state index contributed by atoms with van der Waals surface area (Å²) in [6, 6.07) is 18.8. The van der Waals surface area contributed by atoms with Gasteiger partial charge in [0.05, 0.1) is 37.6 Å². The Kier molecular flexibility index (Phi) is 27.9. The molecule has 0 radical (unpaired) electrons. The Balaban J connectivity index is 1.73. The molecule has 2 heterocycles. The van der Waals surface area contributed by atoms with Crippen LogP contribution >= 0.6 is 0 Å². The van der Waals surface area contributed by atoms with Gasteiger partial charge in [-0.15, -0.1) is 6.58 Å². The van der Waals surface area contributed by atoms with Crippen molar-refractivity contribution in [2.75, 3.05) is 48.1 Å². The van der Waals surface area contributed by atoms with E-state index in [1.54, 1.807) is 45.8 Å². The van der Waals surface area contributed by atoms with Gasteiger partial charge in [0.25, 0.3) is 0 Å². The number of esters is 4. The third kappa shape index (κ3) is 20.6. The standard InChI is InChI=1S/C59H87N3O17/c1-14-16-27-49(68)60-36(3)30-46(28-29-62(32-43-23-19-17-20-24-43)33-44-25-21-18-22-26-44)52(79-59-55(77-42(9)66)51(61(10)11)53(38(5)74-59)75-40(7)64)37(4)47(67)31-50(69)78-48(34-63)45(15-2)35-72-58-57(71-13)56(70-12)54(39(6)73-58)76-41(8)65/h15-27,36-39,45-46,48,51-59,63H,2,14,28-35H2,1,3-13H3,(H,60,68)/b27-16+/t36?,37?,38-,39+,45?,46?,48?,51-,52?,53+,54-,55-,56+,57+,58+,59-/m1/s1. The Labute approximate surface area is 466 Å². The third-order valence-electron chi connectivity index (χ3n) is 14.2. The summed E-state index contributed by atoms with van der Waals surface area (Å²) in [7, 11) is 6.37. The van der Waals surface area contributed by atoms with E-state index in [0.717, 1.165) is 11.1 Å². The second-order valence-electron chi connectivity index (χ2n) is 20.7. The highest BCUT2D eigenvalue weighted by molar-refractivity contribution is 5.97. The SMILES string of the molecule is C=CC(CO[C@H]1O[C@@H](C)[C@@H](OC(C)=O)[C@H](OC)[C@@H]1OC)C(CO)OC(=O)CC(=O)C(C)C(O[C@H]1O[C@H](C)[C@H](OC(C)=O)[C@@H](N(C)C)[C@H]1OC(C)=O)C(CCN(Cc1ccccc1)Cc1ccccc1)CC(C)NC(=O)/C=C/CC. The van der Waals surface area contributed by atoms with E-state index in [2.05, 4.69) is 41.1 Å². The normalized spacial score (nSPS) is 25.6. The second kappa shape index (κ2) is 33.4. The van der Waals surface area contributed by atoms with E-state index < -0.39 is 140 Å². The van der Waals surface area contributed by atoms with Gasteiger partial charge in [-0.3, -0.25) is 38.6 Å². The molecule has 20 nitrogen and oxygen atoms in total. The van der Waals surface area contributed by atoms with Gasteiger partial charge in [-0.25, -0.2) is 0 Å². The van der Waals surface area contributed by atoms with Crippen molar-refractivity contribution in [3.05, 3.63) is 96.6 Å². The summed E-state index contributed by atoms with van der Waals surface area (Å²) in [5, 5.41) is 13.7. The van der Waals surface area contributed by atoms with Crippen LogP contribution in [0.4, 0.5) is 0 Å². The zero-order valence-corrected chi connectivity index (χ0v) is 48.2. The lowest BCUT2D eigenvalue weighted by molar-refractivity contribution is -0.306. The molecule has 2 fully saturated rings. The van der Waals surface area contributed by atoms with Gasteiger partial charge < -0.3 is 57.8 Å². The predicted molar refractivity (Wildman–Crippen MR) is 291 cm³/mol. The summed E-state index contributed by atoms with van der Waals surface area (Å²) in [6.07, 6.45) is -5.36. The number of carbonyl (C=O) groups is 6. The summed E-state index contributed by atoms with van der Waals surface area (Å²) in [5.74, 6) is -6.03. The number of benzene rings is 2. The maximum Gasteiger partial charge on any atom is 0.313 e. The first-order valence-electron chi connectivity index (χ1n) is 27.2. The minimum absolute atomic E-state index is 0.181. The van der Waals surface area contributed by atoms with Crippen molar-refractivity contribution < 1.29 is 81.2 Å². The molecule has 1 amide bonds. The van der Waals surface area contributed by atoms with E-state index in [1.807, 2.05) is 50.2 Å². The van der Waals surface area contributed by atoms with Gasteiger partial charge in [-0.2, -0.15) is 0 Å². The predicted octanol–water partition coefficient (Wildman–Crippen LogP) is 5.50. The van der Waals surface area contributed by atoms with Crippen LogP contribution in [0, 0.1) is 17.8 Å². The maximum absolute atomic E-state index is 14.9. The molecule has 20 heteroatoms. The van der Waals surface area contributed by atoms with E-state index >= 15 is 0 Å². The lowest BCUT2D eigenvalue weighted by Gasteiger charge is -2.48. The molecule has 2 aromatic rings. The van der Waals surface area contributed by atoms with Gasteiger partial charge in [0.1, 0.15) is 36.6 Å². The van der Waals surface area contributed by atoms with Gasteiger partial charge in [0.15, 0.2) is 24.8 Å². The fourth-order valence-electron chi connectivity index (χ4n) is 10.3. The van der Waals surface area contributed by atoms with Crippen LogP contribution in [0.5, 0.6) is 0 Å². The number of ether oxygens (including phenoxy) is 10. The summed E-state index contributed by atoms with van der Waals surface area (Å²) >= 11 is 0. The number of nitrogens with one attached hydrogen (secondary N) is 1. The zero-order valence-electron chi connectivity index (χ0n) is 48.2. The molecule has 2 N–H and O–H groups in total. The van der Waals surface area contributed by atoms with Crippen LogP contribution in [0.25, 0.3) is 0 Å². The maximum atomic E-state index is 14.9. The molecule has 440 valence electrons. The molecule has 0 aromatic heterocycles. The van der Waals surface area contributed by atoms with Crippen LogP contribution in [0.3, 0.4) is 0 Å². The molecule has 2 aliphatic heterocycles. The Morgan fingerprint density at radius 3 is 1.84 bits per heavy atom. The first-order chi connectivity index (χ1) is 37.6. The highest BCUT2D eigenvalue weighted by Gasteiger charge is 2.52. The lowest BCUT2D eigenvalue weighted by Crippen LogP contribution is -2.65. The number of carbonyl (C=O) groups excluding carboxylic acids is 6. The number of likely N-dealkylation sites (N-methyl/N-ethyl adjacent to an activating group) is 1. The Hall–Kier alpha value is -5.42. The molecular formula is C59H87N3O17. The number of Topliss-reactive ketones (excluding diaryl/α,β-unsaturated/α-hetero) is 1. The molecule has 0 bridgehead atoms. The minimum atomic E-state index is -1.33. The first-order valence-corrected chi connectivity index (χ1v) is 27.2. The molecule has 16 atom stereocenters. The first kappa shape index (κ1) is 66.1. The highest BCUT2D eigenvalue weighted by atomic mass is 16.7. The summed E-state index contributed by atoms with van der Waals surface area (Å²) in [4.78, 5) is 83.5. The number of aliphatic hydroxyl groups excluding tert-OH is 1. The van der Waals surface area contributed by atoms with Gasteiger partial charge in [0, 0.05) is 66.0 Å². The Bertz CT molecular complexity index is 2210. The molecule has 2 saturated heterocycles. The van der Waals surface area contributed by atoms with Crippen LogP contribution in [0.2, 0.25) is 0 Å². The molecular weight excluding hydrogens is 1020 g/mol. The van der Waals surface area contributed by atoms with Crippen molar-refractivity contribution in [2.24, 2.45) is 17.8 Å². The van der Waals surface area contributed by atoms with Crippen molar-refractivity contribution in [3.8, 4) is 0 Å². The third-order valence-corrected chi connectivity index (χ3v) is 14.2. The Morgan fingerprint density at radius 1 is 0.772 bits per heavy atom. The molecule has 2 aromatic carbocycles. The van der Waals surface area contributed by atoms with Gasteiger partial charge >= 0.3 is 23.9 Å².